The van der Waals surface area contributed by atoms with Crippen LogP contribution in [0.2, 0.25) is 0 Å². The maximum absolute atomic E-state index is 9.59. The van der Waals surface area contributed by atoms with Crippen molar-refractivity contribution in [1.29, 1.82) is 0 Å². The van der Waals surface area contributed by atoms with E-state index in [9.17, 15) is 5.11 Å². The topological polar surface area (TPSA) is 29.5 Å². The van der Waals surface area contributed by atoms with Crippen molar-refractivity contribution < 1.29 is 9.84 Å². The standard InChI is InChI=1S/C11H22O2/c1-8(12)9-6-10(2,3)13-11(4,5)7-9/h8-9,12H,6-7H2,1-5H3. The molecule has 1 fully saturated rings. The van der Waals surface area contributed by atoms with Crippen molar-refractivity contribution in [2.45, 2.75) is 64.8 Å². The van der Waals surface area contributed by atoms with Crippen molar-refractivity contribution in [3.05, 3.63) is 0 Å². The Balaban J connectivity index is 2.72. The Morgan fingerprint density at radius 3 is 1.85 bits per heavy atom. The predicted octanol–water partition coefficient (Wildman–Crippen LogP) is 2.35. The van der Waals surface area contributed by atoms with Crippen LogP contribution in [0.25, 0.3) is 0 Å². The smallest absolute Gasteiger partial charge is 0.0637 e. The van der Waals surface area contributed by atoms with Gasteiger partial charge >= 0.3 is 0 Å². The highest BCUT2D eigenvalue weighted by Gasteiger charge is 2.40. The second-order valence-electron chi connectivity index (χ2n) is 5.53. The molecule has 13 heavy (non-hydrogen) atoms. The Morgan fingerprint density at radius 1 is 1.15 bits per heavy atom. The van der Waals surface area contributed by atoms with Gasteiger partial charge in [-0.1, -0.05) is 0 Å². The van der Waals surface area contributed by atoms with Crippen LogP contribution in [0.15, 0.2) is 0 Å². The van der Waals surface area contributed by atoms with Crippen LogP contribution in [-0.2, 0) is 4.74 Å². The maximum atomic E-state index is 9.59. The largest absolute Gasteiger partial charge is 0.393 e. The molecule has 2 nitrogen and oxygen atoms in total. The van der Waals surface area contributed by atoms with Crippen LogP contribution in [-0.4, -0.2) is 22.4 Å². The van der Waals surface area contributed by atoms with Crippen LogP contribution in [0.5, 0.6) is 0 Å². The first-order valence-corrected chi connectivity index (χ1v) is 5.10. The Kier molecular flexibility index (Phi) is 2.75. The van der Waals surface area contributed by atoms with E-state index in [2.05, 4.69) is 27.7 Å². The lowest BCUT2D eigenvalue weighted by Gasteiger charge is -2.46. The lowest BCUT2D eigenvalue weighted by molar-refractivity contribution is -0.183. The average Bonchev–Trinajstić information content (AvgIpc) is 1.79. The number of hydrogen-bond donors (Lipinski definition) is 1. The van der Waals surface area contributed by atoms with E-state index in [4.69, 9.17) is 4.74 Å². The molecule has 1 N–H and O–H groups in total. The molecule has 78 valence electrons. The number of rotatable bonds is 1. The number of hydrogen-bond acceptors (Lipinski definition) is 2. The molecule has 1 saturated heterocycles. The fourth-order valence-corrected chi connectivity index (χ4v) is 2.51. The normalized spacial score (nSPS) is 30.0. The van der Waals surface area contributed by atoms with Gasteiger partial charge in [-0.15, -0.1) is 0 Å². The third-order valence-corrected chi connectivity index (χ3v) is 2.74. The molecule has 1 heterocycles. The van der Waals surface area contributed by atoms with E-state index in [1.807, 2.05) is 6.92 Å². The zero-order valence-corrected chi connectivity index (χ0v) is 9.42. The first-order chi connectivity index (χ1) is 5.72. The van der Waals surface area contributed by atoms with E-state index < -0.39 is 0 Å². The van der Waals surface area contributed by atoms with Crippen LogP contribution in [0.4, 0.5) is 0 Å². The van der Waals surface area contributed by atoms with Crippen molar-refractivity contribution in [1.82, 2.24) is 0 Å². The summed E-state index contributed by atoms with van der Waals surface area (Å²) in [6.45, 7) is 10.3. The summed E-state index contributed by atoms with van der Waals surface area (Å²) in [6.07, 6.45) is 1.68. The average molecular weight is 186 g/mol. The van der Waals surface area contributed by atoms with E-state index in [-0.39, 0.29) is 17.3 Å². The van der Waals surface area contributed by atoms with E-state index in [1.165, 1.54) is 0 Å². The van der Waals surface area contributed by atoms with Crippen molar-refractivity contribution in [2.75, 3.05) is 0 Å². The van der Waals surface area contributed by atoms with Crippen molar-refractivity contribution in [2.24, 2.45) is 5.92 Å². The Morgan fingerprint density at radius 2 is 1.54 bits per heavy atom. The molecule has 1 rings (SSSR count). The summed E-state index contributed by atoms with van der Waals surface area (Å²) >= 11 is 0. The fourth-order valence-electron chi connectivity index (χ4n) is 2.51. The highest BCUT2D eigenvalue weighted by atomic mass is 16.5. The van der Waals surface area contributed by atoms with Crippen molar-refractivity contribution in [3.8, 4) is 0 Å². The van der Waals surface area contributed by atoms with Gasteiger partial charge in [0.1, 0.15) is 0 Å². The zero-order valence-electron chi connectivity index (χ0n) is 9.42. The molecule has 0 saturated carbocycles. The summed E-state index contributed by atoms with van der Waals surface area (Å²) in [4.78, 5) is 0. The Labute approximate surface area is 81.3 Å². The number of ether oxygens (including phenoxy) is 1. The van der Waals surface area contributed by atoms with E-state index in [0.29, 0.717) is 5.92 Å². The van der Waals surface area contributed by atoms with Crippen molar-refractivity contribution >= 4 is 0 Å². The van der Waals surface area contributed by atoms with Gasteiger partial charge in [-0.2, -0.15) is 0 Å². The SMILES string of the molecule is CC(O)C1CC(C)(C)OC(C)(C)C1. The minimum Gasteiger partial charge on any atom is -0.393 e. The summed E-state index contributed by atoms with van der Waals surface area (Å²) in [6, 6.07) is 0. The molecule has 2 heteroatoms. The van der Waals surface area contributed by atoms with Crippen LogP contribution < -0.4 is 0 Å². The molecular formula is C11H22O2. The molecule has 0 radical (unpaired) electrons. The van der Waals surface area contributed by atoms with Crippen molar-refractivity contribution in [3.63, 3.8) is 0 Å². The molecule has 0 aliphatic carbocycles. The molecule has 0 aromatic carbocycles. The highest BCUT2D eigenvalue weighted by molar-refractivity contribution is 4.89. The fraction of sp³-hybridized carbons (Fsp3) is 1.00. The zero-order chi connectivity index (χ0) is 10.3. The van der Waals surface area contributed by atoms with Crippen LogP contribution in [0.1, 0.15) is 47.5 Å². The van der Waals surface area contributed by atoms with Gasteiger partial charge in [-0.3, -0.25) is 0 Å². The Bertz CT molecular complexity index is 167. The van der Waals surface area contributed by atoms with Gasteiger partial charge in [0.15, 0.2) is 0 Å². The summed E-state index contributed by atoms with van der Waals surface area (Å²) < 4.78 is 5.93. The molecular weight excluding hydrogens is 164 g/mol. The molecule has 1 unspecified atom stereocenters. The Hall–Kier alpha value is -0.0800. The van der Waals surface area contributed by atoms with Crippen LogP contribution >= 0.6 is 0 Å². The summed E-state index contributed by atoms with van der Waals surface area (Å²) in [5.74, 6) is 0.374. The maximum Gasteiger partial charge on any atom is 0.0637 e. The third-order valence-electron chi connectivity index (χ3n) is 2.74. The van der Waals surface area contributed by atoms with Gasteiger partial charge in [0.2, 0.25) is 0 Å². The quantitative estimate of drug-likeness (QED) is 0.681. The van der Waals surface area contributed by atoms with Crippen LogP contribution in [0.3, 0.4) is 0 Å². The second kappa shape index (κ2) is 3.25. The highest BCUT2D eigenvalue weighted by Crippen LogP contribution is 2.39. The third kappa shape index (κ3) is 2.96. The number of aliphatic hydroxyl groups excluding tert-OH is 1. The minimum absolute atomic E-state index is 0.0938. The molecule has 1 atom stereocenters. The van der Waals surface area contributed by atoms with Gasteiger partial charge in [0.05, 0.1) is 17.3 Å². The number of aliphatic hydroxyl groups is 1. The molecule has 1 aliphatic heterocycles. The summed E-state index contributed by atoms with van der Waals surface area (Å²) in [7, 11) is 0. The molecule has 0 aromatic heterocycles. The van der Waals surface area contributed by atoms with Gasteiger partial charge in [-0.25, -0.2) is 0 Å². The first-order valence-electron chi connectivity index (χ1n) is 5.10. The van der Waals surface area contributed by atoms with Gasteiger partial charge < -0.3 is 9.84 Å². The van der Waals surface area contributed by atoms with Crippen LogP contribution in [0, 0.1) is 5.92 Å². The molecule has 0 bridgehead atoms. The summed E-state index contributed by atoms with van der Waals surface area (Å²) in [5.41, 5.74) is -0.188. The predicted molar refractivity (Wildman–Crippen MR) is 53.6 cm³/mol. The minimum atomic E-state index is -0.220. The molecule has 0 spiro atoms. The molecule has 0 amide bonds. The molecule has 1 aliphatic rings. The van der Waals surface area contributed by atoms with E-state index in [1.54, 1.807) is 0 Å². The first kappa shape index (κ1) is 11.0. The lowest BCUT2D eigenvalue weighted by Crippen LogP contribution is -2.47. The summed E-state index contributed by atoms with van der Waals surface area (Å²) in [5, 5.41) is 9.59. The van der Waals surface area contributed by atoms with Gasteiger partial charge in [0.25, 0.3) is 0 Å². The van der Waals surface area contributed by atoms with E-state index in [0.717, 1.165) is 12.8 Å². The molecule has 0 aromatic rings. The second-order valence-corrected chi connectivity index (χ2v) is 5.53. The van der Waals surface area contributed by atoms with Gasteiger partial charge in [0, 0.05) is 0 Å². The van der Waals surface area contributed by atoms with Gasteiger partial charge in [-0.05, 0) is 53.4 Å². The monoisotopic (exact) mass is 186 g/mol. The lowest BCUT2D eigenvalue weighted by atomic mass is 9.78. The van der Waals surface area contributed by atoms with E-state index >= 15 is 0 Å².